The summed E-state index contributed by atoms with van der Waals surface area (Å²) < 4.78 is 0. The zero-order valence-electron chi connectivity index (χ0n) is 16.7. The SMILES string of the molecule is C[C@@]1(O)c2c(N)c(Cl)c(N)c(O)c2C(=O)C2C(=O)[C@]3(O)C(=O)C(C(N)=O)C(=O)C[C@@H]3C[C@@H]21. The molecule has 170 valence electrons. The summed E-state index contributed by atoms with van der Waals surface area (Å²) in [4.78, 5) is 63.7. The molecule has 1 aromatic carbocycles. The number of rotatable bonds is 1. The number of ketones is 4. The van der Waals surface area contributed by atoms with E-state index in [1.54, 1.807) is 0 Å². The lowest BCUT2D eigenvalue weighted by molar-refractivity contribution is -0.182. The predicted octanol–water partition coefficient (Wildman–Crippen LogP) is -1.19. The average molecular weight is 466 g/mol. The first kappa shape index (κ1) is 22.2. The van der Waals surface area contributed by atoms with Gasteiger partial charge in [-0.15, -0.1) is 0 Å². The third-order valence-electron chi connectivity index (χ3n) is 7.12. The molecule has 1 aromatic rings. The van der Waals surface area contributed by atoms with E-state index in [0.717, 1.165) is 0 Å². The maximum absolute atomic E-state index is 13.4. The van der Waals surface area contributed by atoms with Gasteiger partial charge in [0.25, 0.3) is 0 Å². The van der Waals surface area contributed by atoms with Crippen LogP contribution in [-0.4, -0.2) is 50.0 Å². The van der Waals surface area contributed by atoms with Gasteiger partial charge in [0.15, 0.2) is 40.4 Å². The number of phenols is 1. The van der Waals surface area contributed by atoms with Gasteiger partial charge >= 0.3 is 0 Å². The Bertz CT molecular complexity index is 1160. The van der Waals surface area contributed by atoms with Crippen LogP contribution in [-0.2, 0) is 24.8 Å². The molecule has 2 fully saturated rings. The van der Waals surface area contributed by atoms with E-state index in [-0.39, 0.29) is 22.7 Å². The van der Waals surface area contributed by atoms with Crippen LogP contribution in [0.2, 0.25) is 5.02 Å². The summed E-state index contributed by atoms with van der Waals surface area (Å²) >= 11 is 6.04. The predicted molar refractivity (Wildman–Crippen MR) is 108 cm³/mol. The number of anilines is 2. The zero-order chi connectivity index (χ0) is 24.1. The summed E-state index contributed by atoms with van der Waals surface area (Å²) in [7, 11) is 0. The first-order valence-corrected chi connectivity index (χ1v) is 10.1. The van der Waals surface area contributed by atoms with Crippen molar-refractivity contribution in [3.05, 3.63) is 16.1 Å². The molecular formula is C20H20ClN3O8. The number of hydrogen-bond donors (Lipinski definition) is 6. The van der Waals surface area contributed by atoms with Crippen LogP contribution < -0.4 is 17.2 Å². The van der Waals surface area contributed by atoms with Gasteiger partial charge in [-0.05, 0) is 13.3 Å². The first-order valence-electron chi connectivity index (χ1n) is 9.68. The molecule has 0 saturated heterocycles. The lowest BCUT2D eigenvalue weighted by atomic mass is 9.50. The number of amides is 1. The topological polar surface area (TPSA) is 224 Å². The van der Waals surface area contributed by atoms with Crippen LogP contribution in [0.15, 0.2) is 0 Å². The number of fused-ring (bicyclic) bond motifs is 3. The Morgan fingerprint density at radius 2 is 1.69 bits per heavy atom. The highest BCUT2D eigenvalue weighted by atomic mass is 35.5. The minimum Gasteiger partial charge on any atom is -0.505 e. The Morgan fingerprint density at radius 3 is 2.25 bits per heavy atom. The standard InChI is InChI=1S/C20H20ClN3O8/c1-19(31)5-2-4-3-6(25)8(18(24)30)17(29)20(4,32)16(28)7(5)14(26)9-10(19)12(22)11(21)13(23)15(9)27/h4-5,7-8,27,31-32H,2-3,22-23H2,1H3,(H2,24,30)/t4-,5-,7?,8?,19-,20-/m0/s1. The van der Waals surface area contributed by atoms with Crippen molar-refractivity contribution in [2.24, 2.45) is 29.4 Å². The molecule has 0 radical (unpaired) electrons. The number of phenolic OH excluding ortho intramolecular Hbond substituents is 1. The molecule has 2 saturated carbocycles. The highest BCUT2D eigenvalue weighted by molar-refractivity contribution is 6.37. The molecule has 4 rings (SSSR count). The van der Waals surface area contributed by atoms with E-state index in [4.69, 9.17) is 28.8 Å². The number of carbonyl (C=O) groups is 5. The van der Waals surface area contributed by atoms with Gasteiger partial charge in [-0.1, -0.05) is 11.6 Å². The van der Waals surface area contributed by atoms with Crippen LogP contribution in [0.25, 0.3) is 0 Å². The first-order chi connectivity index (χ1) is 14.7. The molecule has 0 aliphatic heterocycles. The fourth-order valence-corrected chi connectivity index (χ4v) is 5.70. The Balaban J connectivity index is 1.95. The number of nitrogens with two attached hydrogens (primary N) is 3. The number of halogens is 1. The second kappa shape index (κ2) is 6.50. The monoisotopic (exact) mass is 465 g/mol. The zero-order valence-corrected chi connectivity index (χ0v) is 17.5. The third kappa shape index (κ3) is 2.41. The highest BCUT2D eigenvalue weighted by Crippen LogP contribution is 2.58. The van der Waals surface area contributed by atoms with Crippen molar-refractivity contribution in [1.82, 2.24) is 0 Å². The van der Waals surface area contributed by atoms with Crippen molar-refractivity contribution in [3.63, 3.8) is 0 Å². The number of hydrogen-bond acceptors (Lipinski definition) is 10. The number of benzene rings is 1. The molecule has 0 heterocycles. The van der Waals surface area contributed by atoms with Crippen molar-refractivity contribution in [2.75, 3.05) is 11.5 Å². The molecule has 0 aromatic heterocycles. The molecule has 9 N–H and O–H groups in total. The van der Waals surface area contributed by atoms with Gasteiger partial charge in [0.1, 0.15) is 0 Å². The van der Waals surface area contributed by atoms with Crippen molar-refractivity contribution in [3.8, 4) is 5.75 Å². The average Bonchev–Trinajstić information content (AvgIpc) is 2.69. The number of nitrogen functional groups attached to an aromatic ring is 2. The van der Waals surface area contributed by atoms with E-state index in [1.807, 2.05) is 0 Å². The van der Waals surface area contributed by atoms with Gasteiger partial charge in [-0.25, -0.2) is 0 Å². The summed E-state index contributed by atoms with van der Waals surface area (Å²) in [6, 6.07) is 0. The van der Waals surface area contributed by atoms with Gasteiger partial charge in [-0.2, -0.15) is 0 Å². The van der Waals surface area contributed by atoms with Crippen LogP contribution >= 0.6 is 11.6 Å². The Labute approximate surface area is 185 Å². The third-order valence-corrected chi connectivity index (χ3v) is 7.53. The molecular weight excluding hydrogens is 446 g/mol. The Kier molecular flexibility index (Phi) is 4.51. The highest BCUT2D eigenvalue weighted by Gasteiger charge is 2.69. The summed E-state index contributed by atoms with van der Waals surface area (Å²) in [5, 5.41) is 32.7. The van der Waals surface area contributed by atoms with Crippen LogP contribution in [0, 0.1) is 23.7 Å². The van der Waals surface area contributed by atoms with Crippen LogP contribution in [0.4, 0.5) is 11.4 Å². The molecule has 12 heteroatoms. The maximum Gasteiger partial charge on any atom is 0.235 e. The normalized spacial score (nSPS) is 36.4. The van der Waals surface area contributed by atoms with E-state index in [1.165, 1.54) is 6.92 Å². The van der Waals surface area contributed by atoms with E-state index in [0.29, 0.717) is 0 Å². The molecule has 3 aliphatic rings. The van der Waals surface area contributed by atoms with Crippen LogP contribution in [0.5, 0.6) is 5.75 Å². The summed E-state index contributed by atoms with van der Waals surface area (Å²) in [6.07, 6.45) is -0.846. The Morgan fingerprint density at radius 1 is 1.09 bits per heavy atom. The van der Waals surface area contributed by atoms with E-state index < -0.39 is 87.3 Å². The van der Waals surface area contributed by atoms with Gasteiger partial charge < -0.3 is 32.5 Å². The fraction of sp³-hybridized carbons (Fsp3) is 0.450. The molecule has 6 atom stereocenters. The van der Waals surface area contributed by atoms with E-state index in [2.05, 4.69) is 0 Å². The van der Waals surface area contributed by atoms with E-state index >= 15 is 0 Å². The van der Waals surface area contributed by atoms with Crippen molar-refractivity contribution in [2.45, 2.75) is 31.0 Å². The largest absolute Gasteiger partial charge is 0.505 e. The molecule has 1 amide bonds. The molecule has 32 heavy (non-hydrogen) atoms. The smallest absolute Gasteiger partial charge is 0.235 e. The fourth-order valence-electron chi connectivity index (χ4n) is 5.51. The number of Topliss-reactive ketones (excluding diaryl/α,β-unsaturated/α-hetero) is 4. The molecule has 2 unspecified atom stereocenters. The molecule has 0 spiro atoms. The van der Waals surface area contributed by atoms with Gasteiger partial charge in [-0.3, -0.25) is 24.0 Å². The van der Waals surface area contributed by atoms with Crippen molar-refractivity contribution in [1.29, 1.82) is 0 Å². The van der Waals surface area contributed by atoms with Gasteiger partial charge in [0.05, 0.1) is 33.5 Å². The number of aromatic hydroxyl groups is 1. The van der Waals surface area contributed by atoms with E-state index in [9.17, 15) is 39.3 Å². The van der Waals surface area contributed by atoms with Gasteiger partial charge in [0.2, 0.25) is 5.91 Å². The van der Waals surface area contributed by atoms with Crippen molar-refractivity contribution >= 4 is 52.0 Å². The summed E-state index contributed by atoms with van der Waals surface area (Å²) in [5.74, 6) is -13.0. The second-order valence-electron chi connectivity index (χ2n) is 8.77. The van der Waals surface area contributed by atoms with Gasteiger partial charge in [0, 0.05) is 23.8 Å². The molecule has 3 aliphatic carbocycles. The molecule has 11 nitrogen and oxygen atoms in total. The van der Waals surface area contributed by atoms with Crippen LogP contribution in [0.3, 0.4) is 0 Å². The maximum atomic E-state index is 13.4. The minimum absolute atomic E-state index is 0.234. The van der Waals surface area contributed by atoms with Crippen molar-refractivity contribution < 1.29 is 39.3 Å². The van der Waals surface area contributed by atoms with Crippen LogP contribution in [0.1, 0.15) is 35.7 Å². The second-order valence-corrected chi connectivity index (χ2v) is 9.15. The summed E-state index contributed by atoms with van der Waals surface area (Å²) in [5.41, 5.74) is 10.5. The molecule has 0 bridgehead atoms. The Hall–Kier alpha value is -3.02. The minimum atomic E-state index is -2.84. The number of primary amides is 1. The number of aliphatic hydroxyl groups is 2. The number of carbonyl (C=O) groups excluding carboxylic acids is 5. The summed E-state index contributed by atoms with van der Waals surface area (Å²) in [6.45, 7) is 1.24. The lowest BCUT2D eigenvalue weighted by Crippen LogP contribution is -2.70. The lowest BCUT2D eigenvalue weighted by Gasteiger charge is -2.52. The quantitative estimate of drug-likeness (QED) is 0.126.